The number of rotatable bonds is 16. The second kappa shape index (κ2) is 15.9. The van der Waals surface area contributed by atoms with Crippen molar-refractivity contribution >= 4 is 41.0 Å². The van der Waals surface area contributed by atoms with Crippen LogP contribution in [0.15, 0.2) is 79.9 Å². The summed E-state index contributed by atoms with van der Waals surface area (Å²) < 4.78 is 12.9. The minimum atomic E-state index is -1.33. The Morgan fingerprint density at radius 2 is 1.82 bits per heavy atom. The van der Waals surface area contributed by atoms with Gasteiger partial charge in [0.25, 0.3) is 5.91 Å². The minimum Gasteiger partial charge on any atom is -0.455 e. The Balaban J connectivity index is 1.53. The van der Waals surface area contributed by atoms with Crippen molar-refractivity contribution in [1.82, 2.24) is 10.2 Å². The molecule has 8 atom stereocenters. The van der Waals surface area contributed by atoms with Gasteiger partial charge in [0.15, 0.2) is 0 Å². The molecule has 3 heterocycles. The zero-order chi connectivity index (χ0) is 36.2. The van der Waals surface area contributed by atoms with Crippen LogP contribution < -0.4 is 10.2 Å². The van der Waals surface area contributed by atoms with Gasteiger partial charge in [0, 0.05) is 13.0 Å². The highest BCUT2D eigenvalue weighted by atomic mass is 35.5. The van der Waals surface area contributed by atoms with Gasteiger partial charge in [-0.2, -0.15) is 0 Å². The number of amides is 3. The number of halogens is 1. The fourth-order valence-corrected chi connectivity index (χ4v) is 8.28. The number of hydrogen-bond acceptors (Lipinski definition) is 7. The molecule has 3 aliphatic rings. The summed E-state index contributed by atoms with van der Waals surface area (Å²) in [4.78, 5) is 59.7. The standard InChI is InChI=1S/C39H48ClN3O7/c1-6-8-18-31(45)41-25(5)34(26-14-10-9-11-15-26)49-38(48)32-30-19-20-39(50-30)33(32)36(46)43(27(23-44)22-24(3)4)35(39)37(47)42(21-7-2)29-17-13-12-16-28(29)40/h6-7,9-17,24-25,27,30,32-35,44H,1-2,8,18-23H2,3-5H3,(H,41,45)/t25-,27+,30-,32+,33+,34-,35-,39+/m0/s1. The first-order chi connectivity index (χ1) is 24.0. The molecule has 2 aromatic carbocycles. The van der Waals surface area contributed by atoms with Crippen LogP contribution in [0.5, 0.6) is 0 Å². The molecule has 2 aromatic rings. The molecule has 2 bridgehead atoms. The minimum absolute atomic E-state index is 0.0919. The van der Waals surface area contributed by atoms with Crippen LogP contribution in [0, 0.1) is 17.8 Å². The third-order valence-corrected chi connectivity index (χ3v) is 10.4. The van der Waals surface area contributed by atoms with Crippen LogP contribution in [0.4, 0.5) is 5.69 Å². The van der Waals surface area contributed by atoms with E-state index >= 15 is 0 Å². The first-order valence-electron chi connectivity index (χ1n) is 17.4. The summed E-state index contributed by atoms with van der Waals surface area (Å²) in [6, 6.07) is 13.7. The van der Waals surface area contributed by atoms with Crippen molar-refractivity contribution < 1.29 is 33.8 Å². The van der Waals surface area contributed by atoms with Gasteiger partial charge in [0.05, 0.1) is 47.3 Å². The van der Waals surface area contributed by atoms with Gasteiger partial charge >= 0.3 is 5.97 Å². The molecule has 268 valence electrons. The quantitative estimate of drug-likeness (QED) is 0.177. The Bertz CT molecular complexity index is 1580. The summed E-state index contributed by atoms with van der Waals surface area (Å²) in [5.41, 5.74) is -0.199. The van der Waals surface area contributed by atoms with Crippen LogP contribution >= 0.6 is 11.6 Å². The predicted molar refractivity (Wildman–Crippen MR) is 191 cm³/mol. The van der Waals surface area contributed by atoms with E-state index in [2.05, 4.69) is 18.5 Å². The lowest BCUT2D eigenvalue weighted by Crippen LogP contribution is -2.59. The molecule has 0 aromatic heterocycles. The van der Waals surface area contributed by atoms with E-state index in [0.717, 1.165) is 0 Å². The molecule has 2 N–H and O–H groups in total. The molecule has 3 aliphatic heterocycles. The molecule has 0 unspecified atom stereocenters. The van der Waals surface area contributed by atoms with E-state index in [0.29, 0.717) is 42.0 Å². The summed E-state index contributed by atoms with van der Waals surface area (Å²) in [6.07, 6.45) is 3.72. The van der Waals surface area contributed by atoms with Crippen LogP contribution in [0.25, 0.3) is 0 Å². The number of aliphatic hydroxyl groups is 1. The lowest BCUT2D eigenvalue weighted by molar-refractivity contribution is -0.162. The zero-order valence-corrected chi connectivity index (χ0v) is 29.8. The van der Waals surface area contributed by atoms with Crippen molar-refractivity contribution in [3.8, 4) is 0 Å². The van der Waals surface area contributed by atoms with E-state index in [4.69, 9.17) is 21.1 Å². The van der Waals surface area contributed by atoms with E-state index in [1.54, 1.807) is 43.3 Å². The Kier molecular flexibility index (Phi) is 11.9. The molecule has 3 saturated heterocycles. The van der Waals surface area contributed by atoms with E-state index in [1.165, 1.54) is 9.80 Å². The second-order valence-electron chi connectivity index (χ2n) is 13.9. The number of allylic oxidation sites excluding steroid dienone is 1. The number of esters is 1. The van der Waals surface area contributed by atoms with Gasteiger partial charge in [0.1, 0.15) is 17.7 Å². The van der Waals surface area contributed by atoms with E-state index < -0.39 is 65.6 Å². The van der Waals surface area contributed by atoms with Gasteiger partial charge < -0.3 is 29.7 Å². The smallest absolute Gasteiger partial charge is 0.313 e. The highest BCUT2D eigenvalue weighted by Gasteiger charge is 2.75. The van der Waals surface area contributed by atoms with Crippen molar-refractivity contribution in [3.63, 3.8) is 0 Å². The fraction of sp³-hybridized carbons (Fsp3) is 0.487. The van der Waals surface area contributed by atoms with Crippen LogP contribution in [-0.2, 0) is 28.7 Å². The van der Waals surface area contributed by atoms with Crippen molar-refractivity contribution in [2.24, 2.45) is 17.8 Å². The van der Waals surface area contributed by atoms with E-state index in [-0.39, 0.29) is 31.4 Å². The van der Waals surface area contributed by atoms with Crippen molar-refractivity contribution in [2.45, 2.75) is 88.8 Å². The van der Waals surface area contributed by atoms with Gasteiger partial charge in [-0.25, -0.2) is 0 Å². The number of likely N-dealkylation sites (tertiary alicyclic amines) is 1. The van der Waals surface area contributed by atoms with E-state index in [1.807, 2.05) is 44.2 Å². The monoisotopic (exact) mass is 705 g/mol. The number of para-hydroxylation sites is 1. The molecule has 0 saturated carbocycles. The van der Waals surface area contributed by atoms with Crippen molar-refractivity contribution in [1.29, 1.82) is 0 Å². The zero-order valence-electron chi connectivity index (χ0n) is 29.0. The van der Waals surface area contributed by atoms with Gasteiger partial charge in [0.2, 0.25) is 11.8 Å². The molecule has 50 heavy (non-hydrogen) atoms. The van der Waals surface area contributed by atoms with Gasteiger partial charge in [-0.15, -0.1) is 13.2 Å². The van der Waals surface area contributed by atoms with Crippen LogP contribution in [0.2, 0.25) is 5.02 Å². The topological polar surface area (TPSA) is 125 Å². The second-order valence-corrected chi connectivity index (χ2v) is 14.3. The molecule has 3 fully saturated rings. The highest BCUT2D eigenvalue weighted by Crippen LogP contribution is 2.59. The third kappa shape index (κ3) is 7.11. The van der Waals surface area contributed by atoms with Gasteiger partial charge in [-0.3, -0.25) is 19.2 Å². The third-order valence-electron chi connectivity index (χ3n) is 10.1. The van der Waals surface area contributed by atoms with Crippen LogP contribution in [-0.4, -0.2) is 76.7 Å². The molecular weight excluding hydrogens is 658 g/mol. The molecule has 5 rings (SSSR count). The van der Waals surface area contributed by atoms with Crippen molar-refractivity contribution in [3.05, 3.63) is 90.5 Å². The summed E-state index contributed by atoms with van der Waals surface area (Å²) in [5, 5.41) is 14.0. The first kappa shape index (κ1) is 37.3. The van der Waals surface area contributed by atoms with Gasteiger partial charge in [-0.1, -0.05) is 80.1 Å². The fourth-order valence-electron chi connectivity index (χ4n) is 8.05. The average molecular weight is 706 g/mol. The summed E-state index contributed by atoms with van der Waals surface area (Å²) in [5.74, 6) is -3.62. The lowest BCUT2D eigenvalue weighted by atomic mass is 9.70. The molecule has 11 heteroatoms. The largest absolute Gasteiger partial charge is 0.455 e. The summed E-state index contributed by atoms with van der Waals surface area (Å²) >= 11 is 6.59. The van der Waals surface area contributed by atoms with E-state index in [9.17, 15) is 24.3 Å². The van der Waals surface area contributed by atoms with Gasteiger partial charge in [-0.05, 0) is 56.2 Å². The number of hydrogen-bond donors (Lipinski definition) is 2. The number of anilines is 1. The molecule has 0 radical (unpaired) electrons. The SMILES string of the molecule is C=CCCC(=O)N[C@@H](C)[C@H](OC(=O)[C@@H]1[C@@H]2CC[C@]3(O2)[C@H](C(=O)N(CC=C)c2ccccc2Cl)N([C@@H](CO)CC(C)C)C(=O)[C@@H]13)c1ccccc1. The molecule has 10 nitrogen and oxygen atoms in total. The van der Waals surface area contributed by atoms with Crippen LogP contribution in [0.1, 0.15) is 64.5 Å². The summed E-state index contributed by atoms with van der Waals surface area (Å²) in [7, 11) is 0. The average Bonchev–Trinajstić information content (AvgIpc) is 3.75. The highest BCUT2D eigenvalue weighted by molar-refractivity contribution is 6.34. The molecule has 3 amide bonds. The normalized spacial score (nSPS) is 25.5. The molecule has 0 aliphatic carbocycles. The Morgan fingerprint density at radius 3 is 2.46 bits per heavy atom. The number of ether oxygens (including phenoxy) is 2. The Hall–Kier alpha value is -3.99. The maximum Gasteiger partial charge on any atom is 0.313 e. The number of carbonyl (C=O) groups is 4. The Morgan fingerprint density at radius 1 is 1.12 bits per heavy atom. The Labute approximate surface area is 299 Å². The lowest BCUT2D eigenvalue weighted by Gasteiger charge is -2.39. The maximum atomic E-state index is 14.9. The number of aliphatic hydroxyl groups excluding tert-OH is 1. The number of nitrogens with one attached hydrogen (secondary N) is 1. The summed E-state index contributed by atoms with van der Waals surface area (Å²) in [6.45, 7) is 13.0. The number of nitrogens with zero attached hydrogens (tertiary/aromatic N) is 2. The molecular formula is C39H48ClN3O7. The van der Waals surface area contributed by atoms with Crippen molar-refractivity contribution in [2.75, 3.05) is 18.1 Å². The number of fused-ring (bicyclic) bond motifs is 1. The first-order valence-corrected chi connectivity index (χ1v) is 17.8. The maximum absolute atomic E-state index is 14.9. The number of benzene rings is 2. The number of carbonyl (C=O) groups excluding carboxylic acids is 4. The van der Waals surface area contributed by atoms with Crippen LogP contribution in [0.3, 0.4) is 0 Å². The predicted octanol–water partition coefficient (Wildman–Crippen LogP) is 5.40. The molecule has 1 spiro atoms.